The van der Waals surface area contributed by atoms with E-state index >= 15 is 0 Å². The molecule has 2 fully saturated rings. The minimum absolute atomic E-state index is 0.159. The van der Waals surface area contributed by atoms with Crippen LogP contribution in [0, 0.1) is 5.82 Å². The van der Waals surface area contributed by atoms with Gasteiger partial charge in [0.15, 0.2) is 0 Å². The average molecular weight is 535 g/mol. The van der Waals surface area contributed by atoms with Gasteiger partial charge in [0, 0.05) is 24.2 Å². The van der Waals surface area contributed by atoms with Gasteiger partial charge in [0.05, 0.1) is 19.3 Å². The fourth-order valence-electron chi connectivity index (χ4n) is 4.93. The monoisotopic (exact) mass is 535 g/mol. The fourth-order valence-corrected chi connectivity index (χ4v) is 4.93. The summed E-state index contributed by atoms with van der Waals surface area (Å²) in [7, 11) is 0. The van der Waals surface area contributed by atoms with Crippen LogP contribution in [-0.2, 0) is 37.6 Å². The number of benzene rings is 2. The molecular weight excluding hydrogens is 510 g/mol. The number of amides is 3. The standard InChI is InChI=1S/C26H25F4N3O5/c1-15(26(28,29)30)32(11-16-2-4-18(27)5-3-16)22(34)12-33-23(35)25(38-24(33)36)9-8-17-10-19(6-7-21(17)25)31-20-13-37-14-20/h2-7,10,15,20,31H,8-9,11-14H2,1H3/t15-,25+/m0/s1. The van der Waals surface area contributed by atoms with Gasteiger partial charge in [-0.05, 0) is 48.7 Å². The first-order chi connectivity index (χ1) is 18.0. The molecule has 3 aliphatic rings. The molecule has 0 bridgehead atoms. The Morgan fingerprint density at radius 3 is 2.53 bits per heavy atom. The summed E-state index contributed by atoms with van der Waals surface area (Å²) in [5.41, 5.74) is 0.754. The van der Waals surface area contributed by atoms with E-state index in [1.165, 1.54) is 12.1 Å². The smallest absolute Gasteiger partial charge is 0.418 e. The van der Waals surface area contributed by atoms with Gasteiger partial charge in [0.25, 0.3) is 5.91 Å². The number of anilines is 1. The molecule has 2 aliphatic heterocycles. The van der Waals surface area contributed by atoms with Gasteiger partial charge in [-0.3, -0.25) is 9.59 Å². The van der Waals surface area contributed by atoms with Gasteiger partial charge in [-0.1, -0.05) is 18.2 Å². The van der Waals surface area contributed by atoms with Gasteiger partial charge in [-0.2, -0.15) is 13.2 Å². The fraction of sp³-hybridized carbons (Fsp3) is 0.423. The topological polar surface area (TPSA) is 88.2 Å². The van der Waals surface area contributed by atoms with Crippen molar-refractivity contribution >= 4 is 23.6 Å². The maximum Gasteiger partial charge on any atom is 0.418 e. The van der Waals surface area contributed by atoms with Crippen molar-refractivity contribution in [2.24, 2.45) is 0 Å². The number of hydrogen-bond acceptors (Lipinski definition) is 6. The minimum atomic E-state index is -4.77. The number of nitrogens with one attached hydrogen (secondary N) is 1. The van der Waals surface area contributed by atoms with Gasteiger partial charge in [-0.25, -0.2) is 14.1 Å². The second-order valence-electron chi connectivity index (χ2n) is 9.70. The van der Waals surface area contributed by atoms with Crippen LogP contribution in [0.25, 0.3) is 0 Å². The Bertz CT molecular complexity index is 1260. The molecular formula is C26H25F4N3O5. The van der Waals surface area contributed by atoms with E-state index in [0.29, 0.717) is 35.0 Å². The number of halogens is 4. The van der Waals surface area contributed by atoms with Crippen molar-refractivity contribution < 1.29 is 41.4 Å². The summed E-state index contributed by atoms with van der Waals surface area (Å²) >= 11 is 0. The molecule has 2 aromatic rings. The largest absolute Gasteiger partial charge is 0.427 e. The molecule has 2 atom stereocenters. The predicted octanol–water partition coefficient (Wildman–Crippen LogP) is 3.74. The van der Waals surface area contributed by atoms with Crippen LogP contribution in [0.1, 0.15) is 30.0 Å². The number of alkyl halides is 3. The van der Waals surface area contributed by atoms with Crippen LogP contribution in [0.3, 0.4) is 0 Å². The van der Waals surface area contributed by atoms with Crippen LogP contribution in [0.2, 0.25) is 0 Å². The highest BCUT2D eigenvalue weighted by Crippen LogP contribution is 2.46. The Kier molecular flexibility index (Phi) is 6.54. The van der Waals surface area contributed by atoms with Crippen LogP contribution in [0.15, 0.2) is 42.5 Å². The number of nitrogens with zero attached hydrogens (tertiary/aromatic N) is 2. The molecule has 3 amide bonds. The van der Waals surface area contributed by atoms with E-state index in [0.717, 1.165) is 30.3 Å². The Balaban J connectivity index is 1.35. The lowest BCUT2D eigenvalue weighted by Crippen LogP contribution is -2.51. The number of fused-ring (bicyclic) bond motifs is 2. The first-order valence-corrected chi connectivity index (χ1v) is 12.1. The molecule has 1 N–H and O–H groups in total. The molecule has 0 aromatic heterocycles. The number of imide groups is 1. The Hall–Kier alpha value is -3.67. The van der Waals surface area contributed by atoms with Gasteiger partial charge in [-0.15, -0.1) is 0 Å². The second kappa shape index (κ2) is 9.57. The number of aryl methyl sites for hydroxylation is 1. The van der Waals surface area contributed by atoms with Crippen LogP contribution in [-0.4, -0.2) is 65.7 Å². The van der Waals surface area contributed by atoms with E-state index in [-0.39, 0.29) is 18.0 Å². The first-order valence-electron chi connectivity index (χ1n) is 12.1. The average Bonchev–Trinajstić information content (AvgIpc) is 3.32. The zero-order valence-corrected chi connectivity index (χ0v) is 20.4. The number of carbonyl (C=O) groups excluding carboxylic acids is 3. The minimum Gasteiger partial charge on any atom is -0.427 e. The Labute approximate surface area is 215 Å². The Morgan fingerprint density at radius 1 is 1.18 bits per heavy atom. The van der Waals surface area contributed by atoms with E-state index in [9.17, 15) is 31.9 Å². The number of rotatable bonds is 7. The van der Waals surface area contributed by atoms with Gasteiger partial charge in [0.1, 0.15) is 18.4 Å². The third-order valence-electron chi connectivity index (χ3n) is 7.19. The zero-order chi connectivity index (χ0) is 27.2. The summed E-state index contributed by atoms with van der Waals surface area (Å²) in [6, 6.07) is 7.95. The highest BCUT2D eigenvalue weighted by molar-refractivity contribution is 6.06. The lowest BCUT2D eigenvalue weighted by molar-refractivity contribution is -0.187. The molecule has 1 spiro atoms. The molecule has 0 unspecified atom stereocenters. The van der Waals surface area contributed by atoms with Crippen molar-refractivity contribution in [3.8, 4) is 0 Å². The predicted molar refractivity (Wildman–Crippen MR) is 125 cm³/mol. The van der Waals surface area contributed by atoms with E-state index in [2.05, 4.69) is 5.32 Å². The molecule has 38 heavy (non-hydrogen) atoms. The summed E-state index contributed by atoms with van der Waals surface area (Å²) < 4.78 is 64.7. The highest BCUT2D eigenvalue weighted by atomic mass is 19.4. The molecule has 1 aliphatic carbocycles. The van der Waals surface area contributed by atoms with Crippen LogP contribution >= 0.6 is 0 Å². The van der Waals surface area contributed by atoms with Crippen LogP contribution < -0.4 is 5.32 Å². The molecule has 0 saturated carbocycles. The second-order valence-corrected chi connectivity index (χ2v) is 9.70. The Morgan fingerprint density at radius 2 is 1.89 bits per heavy atom. The van der Waals surface area contributed by atoms with E-state index in [1.54, 1.807) is 12.1 Å². The summed E-state index contributed by atoms with van der Waals surface area (Å²) in [5.74, 6) is -2.46. The maximum atomic E-state index is 13.6. The SMILES string of the molecule is C[C@H](N(Cc1ccc(F)cc1)C(=O)CN1C(=O)O[C@@]2(CCc3cc(NC4COC4)ccc32)C1=O)C(F)(F)F. The third kappa shape index (κ3) is 4.68. The molecule has 8 nitrogen and oxygen atoms in total. The molecule has 5 rings (SSSR count). The van der Waals surface area contributed by atoms with Crippen molar-refractivity contribution in [3.05, 3.63) is 65.0 Å². The van der Waals surface area contributed by atoms with Crippen LogP contribution in [0.5, 0.6) is 0 Å². The first kappa shape index (κ1) is 26.0. The van der Waals surface area contributed by atoms with E-state index < -0.39 is 54.6 Å². The maximum absolute atomic E-state index is 13.6. The summed E-state index contributed by atoms with van der Waals surface area (Å²) in [6.07, 6.45) is -5.26. The van der Waals surface area contributed by atoms with Crippen molar-refractivity contribution in [1.82, 2.24) is 9.80 Å². The lowest BCUT2D eigenvalue weighted by atomic mass is 9.94. The van der Waals surface area contributed by atoms with Gasteiger partial charge < -0.3 is 19.7 Å². The number of ether oxygens (including phenoxy) is 2. The summed E-state index contributed by atoms with van der Waals surface area (Å²) in [4.78, 5) is 40.4. The van der Waals surface area contributed by atoms with Crippen molar-refractivity contribution in [3.63, 3.8) is 0 Å². The summed E-state index contributed by atoms with van der Waals surface area (Å²) in [5, 5.41) is 3.31. The van der Waals surface area contributed by atoms with Crippen molar-refractivity contribution in [2.75, 3.05) is 25.1 Å². The van der Waals surface area contributed by atoms with Gasteiger partial charge in [0.2, 0.25) is 11.5 Å². The number of carbonyl (C=O) groups is 3. The zero-order valence-electron chi connectivity index (χ0n) is 20.4. The lowest BCUT2D eigenvalue weighted by Gasteiger charge is -2.31. The van der Waals surface area contributed by atoms with E-state index in [1.807, 2.05) is 6.07 Å². The molecule has 2 saturated heterocycles. The molecule has 2 heterocycles. The van der Waals surface area contributed by atoms with Crippen molar-refractivity contribution in [1.29, 1.82) is 0 Å². The number of hydrogen-bond donors (Lipinski definition) is 1. The normalized spacial score (nSPS) is 21.8. The molecule has 2 aromatic carbocycles. The molecule has 202 valence electrons. The van der Waals surface area contributed by atoms with Gasteiger partial charge >= 0.3 is 12.3 Å². The third-order valence-corrected chi connectivity index (χ3v) is 7.19. The van der Waals surface area contributed by atoms with Crippen molar-refractivity contribution in [2.45, 2.75) is 50.2 Å². The molecule has 12 heteroatoms. The molecule has 0 radical (unpaired) electrons. The van der Waals surface area contributed by atoms with E-state index in [4.69, 9.17) is 9.47 Å². The summed E-state index contributed by atoms with van der Waals surface area (Å²) in [6.45, 7) is 0.572. The highest BCUT2D eigenvalue weighted by Gasteiger charge is 2.58. The van der Waals surface area contributed by atoms with Crippen LogP contribution in [0.4, 0.5) is 28.0 Å². The quantitative estimate of drug-likeness (QED) is 0.544.